The first-order valence-electron chi connectivity index (χ1n) is 6.56. The number of hydrogen-bond donors (Lipinski definition) is 0. The maximum absolute atomic E-state index is 13.2. The summed E-state index contributed by atoms with van der Waals surface area (Å²) in [5.41, 5.74) is 2.57. The quantitative estimate of drug-likeness (QED) is 0.595. The molecular formula is C17H13BrFNO. The molecule has 0 amide bonds. The summed E-state index contributed by atoms with van der Waals surface area (Å²) in [7, 11) is 0. The van der Waals surface area contributed by atoms with Gasteiger partial charge in [-0.25, -0.2) is 9.37 Å². The lowest BCUT2D eigenvalue weighted by Crippen LogP contribution is -1.96. The highest BCUT2D eigenvalue weighted by Gasteiger charge is 2.10. The van der Waals surface area contributed by atoms with Gasteiger partial charge in [0, 0.05) is 16.3 Å². The van der Waals surface area contributed by atoms with E-state index in [4.69, 9.17) is 4.74 Å². The Hall–Kier alpha value is -1.94. The molecule has 2 nitrogen and oxygen atoms in total. The smallest absolute Gasteiger partial charge is 0.223 e. The van der Waals surface area contributed by atoms with Crippen molar-refractivity contribution in [2.75, 3.05) is 0 Å². The standard InChI is InChI=1S/C17H13BrFNO/c1-11-8-14(19)6-7-16(11)21-17-13(10-18)9-12-4-2-3-5-15(12)20-17/h2-9H,10H2,1H3. The zero-order chi connectivity index (χ0) is 14.8. The zero-order valence-electron chi connectivity index (χ0n) is 11.4. The molecule has 0 atom stereocenters. The van der Waals surface area contributed by atoms with Crippen LogP contribution in [0.4, 0.5) is 4.39 Å². The monoisotopic (exact) mass is 345 g/mol. The molecule has 0 spiro atoms. The van der Waals surface area contributed by atoms with Crippen LogP contribution in [-0.4, -0.2) is 4.98 Å². The van der Waals surface area contributed by atoms with Gasteiger partial charge in [-0.3, -0.25) is 0 Å². The van der Waals surface area contributed by atoms with Gasteiger partial charge in [0.05, 0.1) is 5.52 Å². The molecule has 4 heteroatoms. The van der Waals surface area contributed by atoms with Gasteiger partial charge in [0.2, 0.25) is 5.88 Å². The largest absolute Gasteiger partial charge is 0.438 e. The molecule has 2 aromatic carbocycles. The third-order valence-corrected chi connectivity index (χ3v) is 3.85. The first-order chi connectivity index (χ1) is 10.2. The topological polar surface area (TPSA) is 22.1 Å². The number of halogens is 2. The van der Waals surface area contributed by atoms with E-state index in [1.54, 1.807) is 6.07 Å². The van der Waals surface area contributed by atoms with Crippen molar-refractivity contribution in [3.63, 3.8) is 0 Å². The van der Waals surface area contributed by atoms with Crippen molar-refractivity contribution in [3.05, 3.63) is 65.5 Å². The normalized spacial score (nSPS) is 10.8. The summed E-state index contributed by atoms with van der Waals surface area (Å²) < 4.78 is 19.0. The van der Waals surface area contributed by atoms with Gasteiger partial charge in [0.25, 0.3) is 0 Å². The summed E-state index contributed by atoms with van der Waals surface area (Å²) in [6.07, 6.45) is 0. The number of hydrogen-bond acceptors (Lipinski definition) is 2. The van der Waals surface area contributed by atoms with Crippen molar-refractivity contribution in [1.82, 2.24) is 4.98 Å². The molecule has 0 fully saturated rings. The number of benzene rings is 2. The molecule has 1 heterocycles. The van der Waals surface area contributed by atoms with E-state index in [1.165, 1.54) is 12.1 Å². The fraction of sp³-hybridized carbons (Fsp3) is 0.118. The van der Waals surface area contributed by atoms with Crippen LogP contribution in [0.3, 0.4) is 0 Å². The lowest BCUT2D eigenvalue weighted by atomic mass is 10.1. The number of aryl methyl sites for hydroxylation is 1. The lowest BCUT2D eigenvalue weighted by molar-refractivity contribution is 0.455. The predicted octanol–water partition coefficient (Wildman–Crippen LogP) is 5.37. The average molecular weight is 346 g/mol. The van der Waals surface area contributed by atoms with Crippen LogP contribution < -0.4 is 4.74 Å². The van der Waals surface area contributed by atoms with E-state index in [9.17, 15) is 4.39 Å². The van der Waals surface area contributed by atoms with E-state index >= 15 is 0 Å². The summed E-state index contributed by atoms with van der Waals surface area (Å²) in [5, 5.41) is 1.70. The second-order valence-corrected chi connectivity index (χ2v) is 5.35. The summed E-state index contributed by atoms with van der Waals surface area (Å²) in [6, 6.07) is 14.4. The second-order valence-electron chi connectivity index (χ2n) is 4.79. The van der Waals surface area contributed by atoms with Crippen molar-refractivity contribution in [1.29, 1.82) is 0 Å². The number of nitrogens with zero attached hydrogens (tertiary/aromatic N) is 1. The maximum atomic E-state index is 13.2. The summed E-state index contributed by atoms with van der Waals surface area (Å²) in [5.74, 6) is 0.883. The first kappa shape index (κ1) is 14.0. The van der Waals surface area contributed by atoms with Crippen LogP contribution in [0.1, 0.15) is 11.1 Å². The molecular weight excluding hydrogens is 333 g/mol. The average Bonchev–Trinajstić information content (AvgIpc) is 2.49. The van der Waals surface area contributed by atoms with Gasteiger partial charge in [0.1, 0.15) is 11.6 Å². The number of rotatable bonds is 3. The minimum absolute atomic E-state index is 0.271. The Morgan fingerprint density at radius 3 is 2.71 bits per heavy atom. The SMILES string of the molecule is Cc1cc(F)ccc1Oc1nc2ccccc2cc1CBr. The molecule has 3 rings (SSSR count). The molecule has 3 aromatic rings. The highest BCUT2D eigenvalue weighted by molar-refractivity contribution is 9.08. The van der Waals surface area contributed by atoms with Crippen LogP contribution in [0.5, 0.6) is 11.6 Å². The Kier molecular flexibility index (Phi) is 3.88. The van der Waals surface area contributed by atoms with E-state index in [2.05, 4.69) is 20.9 Å². The van der Waals surface area contributed by atoms with E-state index in [0.717, 1.165) is 22.0 Å². The predicted molar refractivity (Wildman–Crippen MR) is 85.6 cm³/mol. The Balaban J connectivity index is 2.06. The zero-order valence-corrected chi connectivity index (χ0v) is 13.0. The van der Waals surface area contributed by atoms with Gasteiger partial charge in [0.15, 0.2) is 0 Å². The van der Waals surface area contributed by atoms with Crippen molar-refractivity contribution >= 4 is 26.8 Å². The van der Waals surface area contributed by atoms with Gasteiger partial charge in [-0.2, -0.15) is 0 Å². The number of para-hydroxylation sites is 1. The maximum Gasteiger partial charge on any atom is 0.223 e. The number of fused-ring (bicyclic) bond motifs is 1. The van der Waals surface area contributed by atoms with E-state index in [1.807, 2.05) is 37.3 Å². The van der Waals surface area contributed by atoms with Crippen LogP contribution in [0.15, 0.2) is 48.5 Å². The van der Waals surface area contributed by atoms with E-state index in [0.29, 0.717) is 17.0 Å². The lowest BCUT2D eigenvalue weighted by Gasteiger charge is -2.12. The van der Waals surface area contributed by atoms with Gasteiger partial charge in [-0.15, -0.1) is 0 Å². The van der Waals surface area contributed by atoms with Crippen molar-refractivity contribution in [3.8, 4) is 11.6 Å². The molecule has 0 radical (unpaired) electrons. The van der Waals surface area contributed by atoms with Crippen molar-refractivity contribution in [2.45, 2.75) is 12.3 Å². The van der Waals surface area contributed by atoms with Gasteiger partial charge in [-0.1, -0.05) is 34.1 Å². The van der Waals surface area contributed by atoms with Crippen molar-refractivity contribution < 1.29 is 9.13 Å². The fourth-order valence-electron chi connectivity index (χ4n) is 2.16. The van der Waals surface area contributed by atoms with Crippen LogP contribution >= 0.6 is 15.9 Å². The van der Waals surface area contributed by atoms with Gasteiger partial charge < -0.3 is 4.74 Å². The second kappa shape index (κ2) is 5.82. The molecule has 0 saturated carbocycles. The molecule has 0 aliphatic rings. The number of ether oxygens (including phenoxy) is 1. The molecule has 0 aliphatic carbocycles. The van der Waals surface area contributed by atoms with Gasteiger partial charge in [-0.05, 0) is 42.8 Å². The highest BCUT2D eigenvalue weighted by atomic mass is 79.9. The number of aromatic nitrogens is 1. The van der Waals surface area contributed by atoms with Crippen LogP contribution in [0, 0.1) is 12.7 Å². The molecule has 106 valence electrons. The summed E-state index contributed by atoms with van der Waals surface area (Å²) >= 11 is 3.46. The molecule has 21 heavy (non-hydrogen) atoms. The molecule has 0 N–H and O–H groups in total. The first-order valence-corrected chi connectivity index (χ1v) is 7.68. The van der Waals surface area contributed by atoms with Crippen LogP contribution in [0.25, 0.3) is 10.9 Å². The minimum Gasteiger partial charge on any atom is -0.438 e. The fourth-order valence-corrected chi connectivity index (χ4v) is 2.56. The van der Waals surface area contributed by atoms with E-state index in [-0.39, 0.29) is 5.82 Å². The minimum atomic E-state index is -0.271. The Morgan fingerprint density at radius 2 is 1.95 bits per heavy atom. The van der Waals surface area contributed by atoms with Crippen LogP contribution in [-0.2, 0) is 5.33 Å². The molecule has 0 unspecified atom stereocenters. The Labute approximate surface area is 130 Å². The summed E-state index contributed by atoms with van der Waals surface area (Å²) in [6.45, 7) is 1.81. The molecule has 0 aliphatic heterocycles. The highest BCUT2D eigenvalue weighted by Crippen LogP contribution is 2.30. The third kappa shape index (κ3) is 2.90. The van der Waals surface area contributed by atoms with Gasteiger partial charge >= 0.3 is 0 Å². The molecule has 1 aromatic heterocycles. The van der Waals surface area contributed by atoms with Crippen molar-refractivity contribution in [2.24, 2.45) is 0 Å². The number of pyridine rings is 1. The molecule has 0 bridgehead atoms. The Bertz CT molecular complexity index is 804. The van der Waals surface area contributed by atoms with Crippen LogP contribution in [0.2, 0.25) is 0 Å². The Morgan fingerprint density at radius 1 is 1.14 bits per heavy atom. The van der Waals surface area contributed by atoms with E-state index < -0.39 is 0 Å². The number of alkyl halides is 1. The summed E-state index contributed by atoms with van der Waals surface area (Å²) in [4.78, 5) is 4.56. The third-order valence-electron chi connectivity index (χ3n) is 3.25. The molecule has 0 saturated heterocycles.